The fourth-order valence-electron chi connectivity index (χ4n) is 4.40. The Bertz CT molecular complexity index is 1340. The number of fused-ring (bicyclic) bond motifs is 1. The van der Waals surface area contributed by atoms with E-state index in [-0.39, 0.29) is 4.90 Å². The molecule has 0 unspecified atom stereocenters. The van der Waals surface area contributed by atoms with Gasteiger partial charge < -0.3 is 10.1 Å². The van der Waals surface area contributed by atoms with Crippen LogP contribution < -0.4 is 9.62 Å². The lowest BCUT2D eigenvalue weighted by molar-refractivity contribution is -0.114. The Balaban J connectivity index is 1.70. The SMILES string of the molecule is COC(=O)c1c(NC(=O)CN(c2cc(C)cc(C)c2)S(=O)(=O)c2ccccc2)sc2c1CCCC2. The Labute approximate surface area is 209 Å². The molecule has 1 heterocycles. The maximum Gasteiger partial charge on any atom is 0.341 e. The highest BCUT2D eigenvalue weighted by atomic mass is 32.2. The molecular formula is C26H28N2O5S2. The summed E-state index contributed by atoms with van der Waals surface area (Å²) in [6.07, 6.45) is 3.59. The van der Waals surface area contributed by atoms with Crippen LogP contribution in [-0.4, -0.2) is 33.9 Å². The van der Waals surface area contributed by atoms with E-state index in [2.05, 4.69) is 5.32 Å². The van der Waals surface area contributed by atoms with Crippen molar-refractivity contribution in [2.24, 2.45) is 0 Å². The highest BCUT2D eigenvalue weighted by Gasteiger charge is 2.30. The van der Waals surface area contributed by atoms with Crippen molar-refractivity contribution in [1.82, 2.24) is 0 Å². The van der Waals surface area contributed by atoms with Crippen molar-refractivity contribution in [1.29, 1.82) is 0 Å². The number of aryl methyl sites for hydroxylation is 3. The first-order chi connectivity index (χ1) is 16.7. The molecular weight excluding hydrogens is 484 g/mol. The second kappa shape index (κ2) is 10.2. The number of methoxy groups -OCH3 is 1. The maximum absolute atomic E-state index is 13.6. The molecule has 1 aliphatic carbocycles. The largest absolute Gasteiger partial charge is 0.465 e. The van der Waals surface area contributed by atoms with Crippen molar-refractivity contribution in [3.05, 3.63) is 75.7 Å². The molecule has 9 heteroatoms. The van der Waals surface area contributed by atoms with Gasteiger partial charge in [-0.15, -0.1) is 11.3 Å². The van der Waals surface area contributed by atoms with E-state index < -0.39 is 28.4 Å². The van der Waals surface area contributed by atoms with Gasteiger partial charge in [-0.25, -0.2) is 13.2 Å². The number of hydrogen-bond donors (Lipinski definition) is 1. The molecule has 0 bridgehead atoms. The molecule has 3 aromatic rings. The third kappa shape index (κ3) is 5.26. The number of carbonyl (C=O) groups excluding carboxylic acids is 2. The van der Waals surface area contributed by atoms with Crippen molar-refractivity contribution in [2.45, 2.75) is 44.4 Å². The first kappa shape index (κ1) is 24.9. The van der Waals surface area contributed by atoms with Crippen LogP contribution in [0.1, 0.15) is 44.8 Å². The van der Waals surface area contributed by atoms with Crippen LogP contribution in [0, 0.1) is 13.8 Å². The van der Waals surface area contributed by atoms with Crippen molar-refractivity contribution < 1.29 is 22.7 Å². The van der Waals surface area contributed by atoms with Crippen molar-refractivity contribution in [3.63, 3.8) is 0 Å². The molecule has 1 aliphatic rings. The van der Waals surface area contributed by atoms with Gasteiger partial charge in [-0.1, -0.05) is 24.3 Å². The minimum atomic E-state index is -4.02. The number of amides is 1. The quantitative estimate of drug-likeness (QED) is 0.456. The standard InChI is InChI=1S/C26H28N2O5S2/c1-17-13-18(2)15-19(14-17)28(35(31,32)20-9-5-4-6-10-20)16-23(29)27-25-24(26(30)33-3)21-11-7-8-12-22(21)34-25/h4-6,9-10,13-15H,7-8,11-12,16H2,1-3H3,(H,27,29). The molecule has 0 aliphatic heterocycles. The Hall–Kier alpha value is -3.17. The van der Waals surface area contributed by atoms with Gasteiger partial charge in [0, 0.05) is 4.88 Å². The van der Waals surface area contributed by atoms with E-state index >= 15 is 0 Å². The Kier molecular flexibility index (Phi) is 7.28. The molecule has 2 aromatic carbocycles. The summed E-state index contributed by atoms with van der Waals surface area (Å²) >= 11 is 1.36. The molecule has 0 atom stereocenters. The zero-order chi connectivity index (χ0) is 25.2. The topological polar surface area (TPSA) is 92.8 Å². The van der Waals surface area contributed by atoms with Crippen LogP contribution in [0.2, 0.25) is 0 Å². The average Bonchev–Trinajstić information content (AvgIpc) is 3.19. The predicted molar refractivity (Wildman–Crippen MR) is 138 cm³/mol. The number of nitrogens with one attached hydrogen (secondary N) is 1. The van der Waals surface area contributed by atoms with Gasteiger partial charge in [0.25, 0.3) is 10.0 Å². The summed E-state index contributed by atoms with van der Waals surface area (Å²) in [5, 5.41) is 3.22. The molecule has 0 saturated carbocycles. The molecule has 0 radical (unpaired) electrons. The van der Waals surface area contributed by atoms with Gasteiger partial charge in [0.05, 0.1) is 23.3 Å². The number of thiophene rings is 1. The molecule has 0 spiro atoms. The number of hydrogen-bond acceptors (Lipinski definition) is 6. The van der Waals surface area contributed by atoms with Crippen molar-refractivity contribution in [2.75, 3.05) is 23.3 Å². The number of ether oxygens (including phenoxy) is 1. The van der Waals surface area contributed by atoms with E-state index in [1.165, 1.54) is 30.6 Å². The van der Waals surface area contributed by atoms with Gasteiger partial charge in [0.15, 0.2) is 0 Å². The lowest BCUT2D eigenvalue weighted by Gasteiger charge is -2.25. The van der Waals surface area contributed by atoms with Gasteiger partial charge in [0.1, 0.15) is 11.5 Å². The molecule has 184 valence electrons. The summed E-state index contributed by atoms with van der Waals surface area (Å²) in [7, 11) is -2.71. The molecule has 1 amide bonds. The van der Waals surface area contributed by atoms with Crippen LogP contribution in [0.4, 0.5) is 10.7 Å². The third-order valence-corrected chi connectivity index (χ3v) is 8.92. The van der Waals surface area contributed by atoms with E-state index in [9.17, 15) is 18.0 Å². The average molecular weight is 513 g/mol. The number of benzene rings is 2. The van der Waals surface area contributed by atoms with Gasteiger partial charge in [-0.3, -0.25) is 9.10 Å². The summed E-state index contributed by atoms with van der Waals surface area (Å²) in [6, 6.07) is 13.5. The van der Waals surface area contributed by atoms with Crippen LogP contribution >= 0.6 is 11.3 Å². The Morgan fingerprint density at radius 3 is 2.34 bits per heavy atom. The van der Waals surface area contributed by atoms with Gasteiger partial charge in [-0.2, -0.15) is 0 Å². The van der Waals surface area contributed by atoms with E-state index in [0.29, 0.717) is 16.3 Å². The van der Waals surface area contributed by atoms with Crippen LogP contribution in [0.15, 0.2) is 53.4 Å². The zero-order valence-electron chi connectivity index (χ0n) is 20.0. The molecule has 0 saturated heterocycles. The van der Waals surface area contributed by atoms with E-state index in [1.54, 1.807) is 30.3 Å². The number of rotatable bonds is 7. The molecule has 1 N–H and O–H groups in total. The normalized spacial score (nSPS) is 13.1. The minimum absolute atomic E-state index is 0.0915. The monoisotopic (exact) mass is 512 g/mol. The highest BCUT2D eigenvalue weighted by molar-refractivity contribution is 7.92. The minimum Gasteiger partial charge on any atom is -0.465 e. The van der Waals surface area contributed by atoms with Gasteiger partial charge in [0.2, 0.25) is 5.91 Å². The second-order valence-corrected chi connectivity index (χ2v) is 11.6. The summed E-state index contributed by atoms with van der Waals surface area (Å²) in [5.74, 6) is -1.03. The molecule has 35 heavy (non-hydrogen) atoms. The highest BCUT2D eigenvalue weighted by Crippen LogP contribution is 2.38. The summed E-state index contributed by atoms with van der Waals surface area (Å²) in [5.41, 5.74) is 3.47. The van der Waals surface area contributed by atoms with E-state index in [1.807, 2.05) is 19.9 Å². The predicted octanol–water partition coefficient (Wildman–Crippen LogP) is 4.86. The lowest BCUT2D eigenvalue weighted by Crippen LogP contribution is -2.38. The fraction of sp³-hybridized carbons (Fsp3) is 0.308. The maximum atomic E-state index is 13.6. The van der Waals surface area contributed by atoms with Crippen LogP contribution in [0.5, 0.6) is 0 Å². The van der Waals surface area contributed by atoms with Gasteiger partial charge >= 0.3 is 5.97 Å². The fourth-order valence-corrected chi connectivity index (χ4v) is 7.12. The summed E-state index contributed by atoms with van der Waals surface area (Å²) in [6.45, 7) is 3.31. The Morgan fingerprint density at radius 2 is 1.69 bits per heavy atom. The van der Waals surface area contributed by atoms with Crippen molar-refractivity contribution in [3.8, 4) is 0 Å². The van der Waals surface area contributed by atoms with E-state index in [0.717, 1.165) is 51.6 Å². The number of nitrogens with zero attached hydrogens (tertiary/aromatic N) is 1. The molecule has 0 fully saturated rings. The summed E-state index contributed by atoms with van der Waals surface area (Å²) < 4.78 is 33.3. The number of esters is 1. The third-order valence-electron chi connectivity index (χ3n) is 5.93. The van der Waals surface area contributed by atoms with E-state index in [4.69, 9.17) is 4.74 Å². The number of anilines is 2. The van der Waals surface area contributed by atoms with Crippen molar-refractivity contribution >= 4 is 43.9 Å². The zero-order valence-corrected chi connectivity index (χ0v) is 21.6. The summed E-state index contributed by atoms with van der Waals surface area (Å²) in [4.78, 5) is 27.0. The molecule has 4 rings (SSSR count). The smallest absolute Gasteiger partial charge is 0.341 e. The molecule has 7 nitrogen and oxygen atoms in total. The number of sulfonamides is 1. The number of carbonyl (C=O) groups is 2. The lowest BCUT2D eigenvalue weighted by atomic mass is 9.95. The Morgan fingerprint density at radius 1 is 1.03 bits per heavy atom. The first-order valence-corrected chi connectivity index (χ1v) is 13.6. The second-order valence-electron chi connectivity index (χ2n) is 8.63. The van der Waals surface area contributed by atoms with Gasteiger partial charge in [-0.05, 0) is 80.5 Å². The first-order valence-electron chi connectivity index (χ1n) is 11.4. The van der Waals surface area contributed by atoms with Crippen LogP contribution in [0.3, 0.4) is 0 Å². The molecule has 1 aromatic heterocycles. The van der Waals surface area contributed by atoms with Crippen LogP contribution in [0.25, 0.3) is 0 Å². The van der Waals surface area contributed by atoms with Crippen LogP contribution in [-0.2, 0) is 32.4 Å².